The molecule has 0 unspecified atom stereocenters. The zero-order valence-electron chi connectivity index (χ0n) is 9.38. The third-order valence-corrected chi connectivity index (χ3v) is 2.46. The largest absolute Gasteiger partial charge is 0.379 e. The molecule has 0 aromatic carbocycles. The van der Waals surface area contributed by atoms with Crippen LogP contribution in [0.1, 0.15) is 33.1 Å². The third kappa shape index (κ3) is 3.52. The Kier molecular flexibility index (Phi) is 4.10. The molecule has 0 aliphatic heterocycles. The molecule has 0 aromatic heterocycles. The molecule has 1 aliphatic carbocycles. The zero-order chi connectivity index (χ0) is 11.3. The van der Waals surface area contributed by atoms with E-state index in [1.807, 2.05) is 13.8 Å². The molecule has 0 aromatic rings. The van der Waals surface area contributed by atoms with Gasteiger partial charge in [0.15, 0.2) is 0 Å². The van der Waals surface area contributed by atoms with E-state index in [4.69, 9.17) is 10.00 Å². The third-order valence-electron chi connectivity index (χ3n) is 2.46. The van der Waals surface area contributed by atoms with Crippen molar-refractivity contribution < 1.29 is 9.53 Å². The molecular weight excluding hydrogens is 192 g/mol. The summed E-state index contributed by atoms with van der Waals surface area (Å²) < 4.78 is 5.33. The number of ether oxygens (including phenoxy) is 1. The summed E-state index contributed by atoms with van der Waals surface area (Å²) in [5.41, 5.74) is -0.696. The van der Waals surface area contributed by atoms with Gasteiger partial charge in [-0.3, -0.25) is 4.79 Å². The highest BCUT2D eigenvalue weighted by molar-refractivity contribution is 5.88. The van der Waals surface area contributed by atoms with Gasteiger partial charge in [0.2, 0.25) is 5.91 Å². The van der Waals surface area contributed by atoms with Crippen LogP contribution >= 0.6 is 0 Å². The number of nitrogens with one attached hydrogen (secondary N) is 1. The minimum Gasteiger partial charge on any atom is -0.379 e. The molecule has 84 valence electrons. The predicted octanol–water partition coefficient (Wildman–Crippen LogP) is 1.22. The number of amides is 1. The Bertz CT molecular complexity index is 264. The van der Waals surface area contributed by atoms with Gasteiger partial charge in [-0.25, -0.2) is 0 Å². The van der Waals surface area contributed by atoms with Crippen molar-refractivity contribution in [2.75, 3.05) is 13.2 Å². The molecule has 1 amide bonds. The molecule has 4 nitrogen and oxygen atoms in total. The molecule has 0 radical (unpaired) electrons. The van der Waals surface area contributed by atoms with E-state index in [1.54, 1.807) is 0 Å². The lowest BCUT2D eigenvalue weighted by molar-refractivity contribution is -0.124. The molecular formula is C11H18N2O2. The summed E-state index contributed by atoms with van der Waals surface area (Å²) in [7, 11) is 0. The lowest BCUT2D eigenvalue weighted by Gasteiger charge is -2.09. The van der Waals surface area contributed by atoms with Crippen molar-refractivity contribution in [3.63, 3.8) is 0 Å². The van der Waals surface area contributed by atoms with E-state index in [-0.39, 0.29) is 12.0 Å². The van der Waals surface area contributed by atoms with Crippen molar-refractivity contribution in [1.29, 1.82) is 5.26 Å². The first-order valence-corrected chi connectivity index (χ1v) is 5.42. The van der Waals surface area contributed by atoms with Crippen molar-refractivity contribution in [3.05, 3.63) is 0 Å². The fourth-order valence-electron chi connectivity index (χ4n) is 1.28. The van der Waals surface area contributed by atoms with Crippen LogP contribution in [0.2, 0.25) is 0 Å². The maximum atomic E-state index is 11.5. The Labute approximate surface area is 90.6 Å². The highest BCUT2D eigenvalue weighted by Gasteiger charge is 2.50. The van der Waals surface area contributed by atoms with Crippen LogP contribution in [0.15, 0.2) is 0 Å². The first-order valence-electron chi connectivity index (χ1n) is 5.42. The van der Waals surface area contributed by atoms with Crippen LogP contribution in [0, 0.1) is 16.7 Å². The van der Waals surface area contributed by atoms with E-state index in [0.717, 1.165) is 6.42 Å². The lowest BCUT2D eigenvalue weighted by Crippen LogP contribution is -2.32. The molecule has 0 saturated heterocycles. The van der Waals surface area contributed by atoms with Crippen LogP contribution in [0.25, 0.3) is 0 Å². The van der Waals surface area contributed by atoms with Gasteiger partial charge < -0.3 is 10.1 Å². The van der Waals surface area contributed by atoms with Gasteiger partial charge in [0.05, 0.1) is 12.2 Å². The number of carbonyl (C=O) groups is 1. The summed E-state index contributed by atoms with van der Waals surface area (Å²) in [6, 6.07) is 2.07. The van der Waals surface area contributed by atoms with Gasteiger partial charge in [-0.1, -0.05) is 0 Å². The lowest BCUT2D eigenvalue weighted by atomic mass is 10.1. The van der Waals surface area contributed by atoms with Gasteiger partial charge in [-0.2, -0.15) is 5.26 Å². The second kappa shape index (κ2) is 5.13. The Morgan fingerprint density at radius 3 is 2.73 bits per heavy atom. The number of rotatable bonds is 6. The summed E-state index contributed by atoms with van der Waals surface area (Å²) >= 11 is 0. The topological polar surface area (TPSA) is 62.1 Å². The van der Waals surface area contributed by atoms with Crippen molar-refractivity contribution in [2.24, 2.45) is 5.41 Å². The molecule has 1 rings (SSSR count). The fourth-order valence-corrected chi connectivity index (χ4v) is 1.28. The normalized spacial score (nSPS) is 17.2. The molecule has 1 fully saturated rings. The van der Waals surface area contributed by atoms with Gasteiger partial charge >= 0.3 is 0 Å². The maximum absolute atomic E-state index is 11.5. The van der Waals surface area contributed by atoms with Gasteiger partial charge in [0, 0.05) is 13.2 Å². The molecule has 0 bridgehead atoms. The minimum absolute atomic E-state index is 0.116. The van der Waals surface area contributed by atoms with Gasteiger partial charge in [0.25, 0.3) is 0 Å². The van der Waals surface area contributed by atoms with Crippen LogP contribution in [-0.4, -0.2) is 25.2 Å². The van der Waals surface area contributed by atoms with Crippen molar-refractivity contribution >= 4 is 5.91 Å². The molecule has 1 saturated carbocycles. The standard InChI is InChI=1S/C11H18N2O2/c1-9(2)15-7-3-6-13-10(14)11(8-12)4-5-11/h9H,3-7H2,1-2H3,(H,13,14). The van der Waals surface area contributed by atoms with Crippen LogP contribution < -0.4 is 5.32 Å². The van der Waals surface area contributed by atoms with Crippen molar-refractivity contribution in [3.8, 4) is 6.07 Å². The first kappa shape index (κ1) is 12.0. The monoisotopic (exact) mass is 210 g/mol. The molecule has 15 heavy (non-hydrogen) atoms. The summed E-state index contributed by atoms with van der Waals surface area (Å²) in [6.45, 7) is 5.20. The summed E-state index contributed by atoms with van der Waals surface area (Å²) in [5.74, 6) is -0.116. The number of hydrogen-bond donors (Lipinski definition) is 1. The molecule has 0 atom stereocenters. The fraction of sp³-hybridized carbons (Fsp3) is 0.818. The number of hydrogen-bond acceptors (Lipinski definition) is 3. The average Bonchev–Trinajstić information content (AvgIpc) is 2.97. The Hall–Kier alpha value is -1.08. The van der Waals surface area contributed by atoms with E-state index in [9.17, 15) is 4.79 Å². The van der Waals surface area contributed by atoms with E-state index in [1.165, 1.54) is 0 Å². The Balaban J connectivity index is 2.06. The molecule has 1 aliphatic rings. The predicted molar refractivity (Wildman–Crippen MR) is 56.0 cm³/mol. The van der Waals surface area contributed by atoms with Crippen LogP contribution in [0.3, 0.4) is 0 Å². The van der Waals surface area contributed by atoms with Gasteiger partial charge in [0.1, 0.15) is 5.41 Å². The molecule has 1 N–H and O–H groups in total. The summed E-state index contributed by atoms with van der Waals surface area (Å²) in [5, 5.41) is 11.5. The molecule has 0 heterocycles. The van der Waals surface area contributed by atoms with Crippen molar-refractivity contribution in [1.82, 2.24) is 5.32 Å². The molecule has 4 heteroatoms. The average molecular weight is 210 g/mol. The number of nitriles is 1. The molecule has 0 spiro atoms. The highest BCUT2D eigenvalue weighted by Crippen LogP contribution is 2.44. The second-order valence-corrected chi connectivity index (χ2v) is 4.22. The van der Waals surface area contributed by atoms with Crippen LogP contribution in [0.5, 0.6) is 0 Å². The number of carbonyl (C=O) groups excluding carboxylic acids is 1. The zero-order valence-corrected chi connectivity index (χ0v) is 9.38. The highest BCUT2D eigenvalue weighted by atomic mass is 16.5. The Morgan fingerprint density at radius 2 is 2.27 bits per heavy atom. The van der Waals surface area contributed by atoms with E-state index in [0.29, 0.717) is 26.0 Å². The van der Waals surface area contributed by atoms with E-state index >= 15 is 0 Å². The summed E-state index contributed by atoms with van der Waals surface area (Å²) in [4.78, 5) is 11.5. The van der Waals surface area contributed by atoms with Crippen LogP contribution in [-0.2, 0) is 9.53 Å². The van der Waals surface area contributed by atoms with Crippen LogP contribution in [0.4, 0.5) is 0 Å². The van der Waals surface area contributed by atoms with Gasteiger partial charge in [-0.15, -0.1) is 0 Å². The minimum atomic E-state index is -0.696. The number of nitrogens with zero attached hydrogens (tertiary/aromatic N) is 1. The van der Waals surface area contributed by atoms with E-state index < -0.39 is 5.41 Å². The smallest absolute Gasteiger partial charge is 0.240 e. The van der Waals surface area contributed by atoms with E-state index in [2.05, 4.69) is 11.4 Å². The Morgan fingerprint density at radius 1 is 1.60 bits per heavy atom. The summed E-state index contributed by atoms with van der Waals surface area (Å²) in [6.07, 6.45) is 2.44. The SMILES string of the molecule is CC(C)OCCCNC(=O)C1(C#N)CC1. The van der Waals surface area contributed by atoms with Crippen molar-refractivity contribution in [2.45, 2.75) is 39.2 Å². The maximum Gasteiger partial charge on any atom is 0.240 e. The first-order chi connectivity index (χ1) is 7.10. The quantitative estimate of drug-likeness (QED) is 0.670. The second-order valence-electron chi connectivity index (χ2n) is 4.22. The van der Waals surface area contributed by atoms with Gasteiger partial charge in [-0.05, 0) is 33.1 Å².